The molecule has 0 heterocycles. The second-order valence-electron chi connectivity index (χ2n) is 8.26. The molecule has 4 aliphatic carbocycles. The van der Waals surface area contributed by atoms with Crippen LogP contribution in [0.15, 0.2) is 27.2 Å². The highest BCUT2D eigenvalue weighted by molar-refractivity contribution is 9.11. The van der Waals surface area contributed by atoms with E-state index < -0.39 is 0 Å². The molecule has 1 amide bonds. The van der Waals surface area contributed by atoms with Crippen molar-refractivity contribution in [3.05, 3.63) is 32.7 Å². The maximum atomic E-state index is 12.4. The number of halogens is 2. The average molecular weight is 528 g/mol. The van der Waals surface area contributed by atoms with Crippen LogP contribution in [0.3, 0.4) is 0 Å². The Morgan fingerprint density at radius 3 is 2.39 bits per heavy atom. The third-order valence-corrected chi connectivity index (χ3v) is 7.68. The first-order valence-electron chi connectivity index (χ1n) is 9.75. The van der Waals surface area contributed by atoms with Gasteiger partial charge in [-0.05, 0) is 102 Å². The predicted molar refractivity (Wildman–Crippen MR) is 122 cm³/mol. The van der Waals surface area contributed by atoms with Gasteiger partial charge in [0.25, 0.3) is 0 Å². The molecular weight excluding hydrogens is 504 g/mol. The van der Waals surface area contributed by atoms with Crippen LogP contribution in [0.2, 0.25) is 0 Å². The quantitative estimate of drug-likeness (QED) is 0.425. The SMILES string of the molecule is COc1c(Br)cc(Br)cc1C=CC(=O)NC(=S)NC1C2CC3CC(C2)CC1C3. The molecule has 0 aromatic heterocycles. The molecule has 4 fully saturated rings. The minimum absolute atomic E-state index is 0.237. The van der Waals surface area contributed by atoms with Crippen LogP contribution in [0, 0.1) is 23.7 Å². The molecule has 5 rings (SSSR count). The van der Waals surface area contributed by atoms with Crippen molar-refractivity contribution in [2.45, 2.75) is 38.1 Å². The number of methoxy groups -OCH3 is 1. The lowest BCUT2D eigenvalue weighted by Gasteiger charge is -2.54. The Labute approximate surface area is 188 Å². The molecule has 4 nitrogen and oxygen atoms in total. The average Bonchev–Trinajstić information content (AvgIpc) is 2.62. The number of carbonyl (C=O) groups excluding carboxylic acids is 1. The summed E-state index contributed by atoms with van der Waals surface area (Å²) in [5.74, 6) is 3.72. The summed E-state index contributed by atoms with van der Waals surface area (Å²) in [4.78, 5) is 12.4. The fraction of sp³-hybridized carbons (Fsp3) is 0.524. The maximum Gasteiger partial charge on any atom is 0.250 e. The van der Waals surface area contributed by atoms with Crippen molar-refractivity contribution in [1.29, 1.82) is 0 Å². The largest absolute Gasteiger partial charge is 0.495 e. The van der Waals surface area contributed by atoms with E-state index in [-0.39, 0.29) is 5.91 Å². The van der Waals surface area contributed by atoms with E-state index in [0.29, 0.717) is 28.7 Å². The van der Waals surface area contributed by atoms with Gasteiger partial charge in [-0.25, -0.2) is 0 Å². The van der Waals surface area contributed by atoms with Gasteiger partial charge >= 0.3 is 0 Å². The molecule has 4 bridgehead atoms. The summed E-state index contributed by atoms with van der Waals surface area (Å²) in [6.07, 6.45) is 9.92. The Hall–Kier alpha value is -0.920. The van der Waals surface area contributed by atoms with Gasteiger partial charge in [-0.1, -0.05) is 15.9 Å². The molecule has 0 atom stereocenters. The normalized spacial score (nSPS) is 30.5. The Balaban J connectivity index is 1.35. The van der Waals surface area contributed by atoms with Gasteiger partial charge in [0, 0.05) is 22.2 Å². The van der Waals surface area contributed by atoms with Crippen LogP contribution in [-0.2, 0) is 4.79 Å². The summed E-state index contributed by atoms with van der Waals surface area (Å²) >= 11 is 12.4. The van der Waals surface area contributed by atoms with Gasteiger partial charge in [0.05, 0.1) is 11.6 Å². The molecule has 0 saturated heterocycles. The monoisotopic (exact) mass is 526 g/mol. The molecule has 28 heavy (non-hydrogen) atoms. The number of rotatable bonds is 4. The smallest absolute Gasteiger partial charge is 0.250 e. The molecule has 7 heteroatoms. The van der Waals surface area contributed by atoms with E-state index in [1.807, 2.05) is 12.1 Å². The molecule has 0 spiro atoms. The van der Waals surface area contributed by atoms with Crippen LogP contribution < -0.4 is 15.4 Å². The van der Waals surface area contributed by atoms with Crippen molar-refractivity contribution in [3.63, 3.8) is 0 Å². The molecule has 1 aromatic carbocycles. The summed E-state index contributed by atoms with van der Waals surface area (Å²) < 4.78 is 7.14. The molecule has 0 unspecified atom stereocenters. The maximum absolute atomic E-state index is 12.4. The minimum Gasteiger partial charge on any atom is -0.495 e. The van der Waals surface area contributed by atoms with Gasteiger partial charge in [-0.15, -0.1) is 0 Å². The number of benzene rings is 1. The van der Waals surface area contributed by atoms with Crippen LogP contribution in [0.25, 0.3) is 6.08 Å². The van der Waals surface area contributed by atoms with Gasteiger partial charge < -0.3 is 10.1 Å². The van der Waals surface area contributed by atoms with Crippen LogP contribution >= 0.6 is 44.1 Å². The fourth-order valence-corrected chi connectivity index (χ4v) is 7.24. The van der Waals surface area contributed by atoms with Crippen LogP contribution in [0.1, 0.15) is 37.7 Å². The molecule has 150 valence electrons. The second-order valence-corrected chi connectivity index (χ2v) is 10.4. The standard InChI is InChI=1S/C21H24Br2N2O2S/c1-27-20-13(9-16(22)10-17(20)23)2-3-18(26)24-21(28)25-19-14-5-11-4-12(7-14)8-15(19)6-11/h2-3,9-12,14-15,19H,4-8H2,1H3,(H2,24,25,26,28). The number of thiocarbonyl (C=S) groups is 1. The Morgan fingerprint density at radius 1 is 1.14 bits per heavy atom. The van der Waals surface area contributed by atoms with Crippen molar-refractivity contribution in [2.24, 2.45) is 23.7 Å². The molecule has 2 N–H and O–H groups in total. The molecule has 0 radical (unpaired) electrons. The first kappa shape index (κ1) is 20.4. The summed E-state index contributed by atoms with van der Waals surface area (Å²) in [5, 5.41) is 6.70. The Morgan fingerprint density at radius 2 is 1.79 bits per heavy atom. The Bertz CT molecular complexity index is 799. The van der Waals surface area contributed by atoms with E-state index >= 15 is 0 Å². The van der Waals surface area contributed by atoms with Crippen LogP contribution in [-0.4, -0.2) is 24.2 Å². The second kappa shape index (κ2) is 8.44. The van der Waals surface area contributed by atoms with Crippen molar-refractivity contribution in [2.75, 3.05) is 7.11 Å². The van der Waals surface area contributed by atoms with Crippen molar-refractivity contribution in [1.82, 2.24) is 10.6 Å². The highest BCUT2D eigenvalue weighted by Gasteiger charge is 2.48. The van der Waals surface area contributed by atoms with Crippen molar-refractivity contribution >= 4 is 61.2 Å². The summed E-state index contributed by atoms with van der Waals surface area (Å²) in [6, 6.07) is 4.23. The third-order valence-electron chi connectivity index (χ3n) is 6.42. The zero-order valence-electron chi connectivity index (χ0n) is 15.7. The van der Waals surface area contributed by atoms with Gasteiger partial charge in [-0.2, -0.15) is 0 Å². The highest BCUT2D eigenvalue weighted by atomic mass is 79.9. The zero-order valence-corrected chi connectivity index (χ0v) is 19.7. The number of nitrogens with one attached hydrogen (secondary N) is 2. The lowest BCUT2D eigenvalue weighted by Crippen LogP contribution is -2.57. The van der Waals surface area contributed by atoms with Gasteiger partial charge in [0.2, 0.25) is 5.91 Å². The number of carbonyl (C=O) groups is 1. The van der Waals surface area contributed by atoms with Crippen LogP contribution in [0.5, 0.6) is 5.75 Å². The molecule has 4 aliphatic rings. The highest BCUT2D eigenvalue weighted by Crippen LogP contribution is 2.53. The van der Waals surface area contributed by atoms with Gasteiger partial charge in [-0.3, -0.25) is 10.1 Å². The molecular formula is C21H24Br2N2O2S. The number of amides is 1. The summed E-state index contributed by atoms with van der Waals surface area (Å²) in [5.41, 5.74) is 0.804. The van der Waals surface area contributed by atoms with Gasteiger partial charge in [0.1, 0.15) is 5.75 Å². The zero-order chi connectivity index (χ0) is 19.8. The Kier molecular flexibility index (Phi) is 6.14. The first-order chi connectivity index (χ1) is 13.4. The number of hydrogen-bond donors (Lipinski definition) is 2. The fourth-order valence-electron chi connectivity index (χ4n) is 5.59. The molecule has 4 saturated carbocycles. The molecule has 0 aliphatic heterocycles. The van der Waals surface area contributed by atoms with E-state index in [1.54, 1.807) is 13.2 Å². The van der Waals surface area contributed by atoms with E-state index in [2.05, 4.69) is 42.5 Å². The topological polar surface area (TPSA) is 50.4 Å². The summed E-state index contributed by atoms with van der Waals surface area (Å²) in [6.45, 7) is 0. The minimum atomic E-state index is -0.237. The van der Waals surface area contributed by atoms with E-state index in [0.717, 1.165) is 26.3 Å². The lowest BCUT2D eigenvalue weighted by molar-refractivity contribution is -0.115. The lowest BCUT2D eigenvalue weighted by atomic mass is 9.54. The number of hydrogen-bond acceptors (Lipinski definition) is 3. The summed E-state index contributed by atoms with van der Waals surface area (Å²) in [7, 11) is 1.61. The van der Waals surface area contributed by atoms with E-state index in [4.69, 9.17) is 17.0 Å². The van der Waals surface area contributed by atoms with Crippen molar-refractivity contribution in [3.8, 4) is 5.75 Å². The van der Waals surface area contributed by atoms with Crippen LogP contribution in [0.4, 0.5) is 0 Å². The third kappa shape index (κ3) is 4.31. The van der Waals surface area contributed by atoms with Gasteiger partial charge in [0.15, 0.2) is 5.11 Å². The first-order valence-corrected chi connectivity index (χ1v) is 11.7. The van der Waals surface area contributed by atoms with E-state index in [1.165, 1.54) is 38.2 Å². The van der Waals surface area contributed by atoms with E-state index in [9.17, 15) is 4.79 Å². The predicted octanol–water partition coefficient (Wildman–Crippen LogP) is 5.05. The van der Waals surface area contributed by atoms with Crippen molar-refractivity contribution < 1.29 is 9.53 Å². The molecule has 1 aromatic rings. The number of ether oxygens (including phenoxy) is 1.